The Kier molecular flexibility index (Phi) is 22.4. The SMILES string of the molecule is CCCCCCCCCCCCCCCC(=O)[O-].O=C1O[C@H]([C@@H](O)CO)C([O-])=C1O.[Ca+2]. The molecular formula is C22H38CaO8. The van der Waals surface area contributed by atoms with Crippen molar-refractivity contribution in [1.29, 1.82) is 0 Å². The molecule has 0 radical (unpaired) electrons. The van der Waals surface area contributed by atoms with Gasteiger partial charge in [-0.05, 0) is 18.6 Å². The fraction of sp³-hybridized carbons (Fsp3) is 0.818. The van der Waals surface area contributed by atoms with Gasteiger partial charge in [0.25, 0.3) is 0 Å². The van der Waals surface area contributed by atoms with Gasteiger partial charge in [-0.1, -0.05) is 84.0 Å². The summed E-state index contributed by atoms with van der Waals surface area (Å²) in [6.07, 6.45) is 14.0. The van der Waals surface area contributed by atoms with Crippen molar-refractivity contribution in [3.05, 3.63) is 11.5 Å². The zero-order valence-corrected chi connectivity index (χ0v) is 21.1. The Bertz CT molecular complexity index is 510. The molecule has 0 saturated carbocycles. The quantitative estimate of drug-likeness (QED) is 0.173. The molecule has 176 valence electrons. The van der Waals surface area contributed by atoms with Gasteiger partial charge in [-0.3, -0.25) is 0 Å². The van der Waals surface area contributed by atoms with Gasteiger partial charge in [0.1, 0.15) is 12.2 Å². The molecule has 0 aliphatic carbocycles. The van der Waals surface area contributed by atoms with Gasteiger partial charge in [0, 0.05) is 5.97 Å². The largest absolute Gasteiger partial charge is 2.00 e. The second kappa shape index (κ2) is 21.3. The second-order valence-electron chi connectivity index (χ2n) is 7.65. The zero-order chi connectivity index (χ0) is 22.8. The van der Waals surface area contributed by atoms with E-state index >= 15 is 0 Å². The van der Waals surface area contributed by atoms with Gasteiger partial charge < -0.3 is 35.1 Å². The number of cyclic esters (lactones) is 1. The van der Waals surface area contributed by atoms with Crippen LogP contribution in [0.2, 0.25) is 0 Å². The van der Waals surface area contributed by atoms with Crippen molar-refractivity contribution in [2.24, 2.45) is 0 Å². The van der Waals surface area contributed by atoms with E-state index in [1.807, 2.05) is 0 Å². The van der Waals surface area contributed by atoms with Crippen LogP contribution in [0.4, 0.5) is 0 Å². The van der Waals surface area contributed by atoms with Gasteiger partial charge in [0.05, 0.1) is 6.61 Å². The van der Waals surface area contributed by atoms with E-state index in [0.29, 0.717) is 0 Å². The fourth-order valence-electron chi connectivity index (χ4n) is 3.10. The van der Waals surface area contributed by atoms with Crippen LogP contribution in [0.3, 0.4) is 0 Å². The topological polar surface area (TPSA) is 150 Å². The van der Waals surface area contributed by atoms with Crippen LogP contribution in [-0.4, -0.2) is 83.8 Å². The van der Waals surface area contributed by atoms with Crippen molar-refractivity contribution in [2.45, 2.75) is 109 Å². The van der Waals surface area contributed by atoms with E-state index in [4.69, 9.17) is 15.3 Å². The van der Waals surface area contributed by atoms with Gasteiger partial charge in [0.2, 0.25) is 0 Å². The predicted molar refractivity (Wildman–Crippen MR) is 114 cm³/mol. The van der Waals surface area contributed by atoms with Crippen LogP contribution in [0.5, 0.6) is 0 Å². The normalized spacial score (nSPS) is 16.2. The van der Waals surface area contributed by atoms with Crippen molar-refractivity contribution in [3.8, 4) is 0 Å². The number of hydrogen-bond acceptors (Lipinski definition) is 8. The Labute approximate surface area is 215 Å². The van der Waals surface area contributed by atoms with Crippen molar-refractivity contribution in [3.63, 3.8) is 0 Å². The Morgan fingerprint density at radius 1 is 0.968 bits per heavy atom. The molecular weight excluding hydrogens is 432 g/mol. The standard InChI is InChI=1S/C16H32O2.C6H8O6.Ca/c1-2-3-4-5-6-7-8-9-10-11-12-13-14-15-16(17)18;7-1-2(8)5-3(9)4(10)6(11)12-5;/h2-15H2,1H3,(H,17,18);2,5,7-10H,1H2;/q;;+2/p-2/t;2-,5+;/m.0./s1. The first-order valence-corrected chi connectivity index (χ1v) is 11.1. The molecule has 0 aromatic rings. The number of carboxylic acids is 1. The summed E-state index contributed by atoms with van der Waals surface area (Å²) >= 11 is 0. The summed E-state index contributed by atoms with van der Waals surface area (Å²) in [5, 5.41) is 47.0. The first-order valence-electron chi connectivity index (χ1n) is 11.1. The Morgan fingerprint density at radius 3 is 1.71 bits per heavy atom. The van der Waals surface area contributed by atoms with E-state index in [0.717, 1.165) is 12.8 Å². The minimum absolute atomic E-state index is 0. The molecule has 3 N–H and O–H groups in total. The third-order valence-electron chi connectivity index (χ3n) is 4.94. The number of carboxylic acid groups (broad SMARTS) is 1. The number of hydrogen-bond donors (Lipinski definition) is 3. The average Bonchev–Trinajstić information content (AvgIpc) is 2.98. The van der Waals surface area contributed by atoms with Crippen LogP contribution >= 0.6 is 0 Å². The summed E-state index contributed by atoms with van der Waals surface area (Å²) in [6.45, 7) is 1.55. The van der Waals surface area contributed by atoms with Gasteiger partial charge in [-0.15, -0.1) is 0 Å². The number of aliphatic hydroxyl groups is 3. The third-order valence-corrected chi connectivity index (χ3v) is 4.94. The molecule has 1 rings (SSSR count). The fourth-order valence-corrected chi connectivity index (χ4v) is 3.10. The monoisotopic (exact) mass is 470 g/mol. The van der Waals surface area contributed by atoms with E-state index in [2.05, 4.69) is 11.7 Å². The van der Waals surface area contributed by atoms with Crippen LogP contribution in [0.1, 0.15) is 96.8 Å². The van der Waals surface area contributed by atoms with E-state index < -0.39 is 42.3 Å². The van der Waals surface area contributed by atoms with Gasteiger partial charge in [-0.2, -0.15) is 0 Å². The maximum Gasteiger partial charge on any atom is 2.00 e. The van der Waals surface area contributed by atoms with Crippen molar-refractivity contribution < 1.29 is 39.9 Å². The number of unbranched alkanes of at least 4 members (excludes halogenated alkanes) is 12. The summed E-state index contributed by atoms with van der Waals surface area (Å²) in [4.78, 5) is 20.7. The number of carbonyl (C=O) groups is 2. The van der Waals surface area contributed by atoms with Crippen molar-refractivity contribution in [1.82, 2.24) is 0 Å². The summed E-state index contributed by atoms with van der Waals surface area (Å²) < 4.78 is 4.25. The summed E-state index contributed by atoms with van der Waals surface area (Å²) in [5.41, 5.74) is 0. The minimum atomic E-state index is -1.48. The molecule has 1 aliphatic rings. The molecule has 0 spiro atoms. The molecule has 0 saturated heterocycles. The molecule has 1 heterocycles. The molecule has 1 aliphatic heterocycles. The number of esters is 1. The maximum atomic E-state index is 10.8. The molecule has 31 heavy (non-hydrogen) atoms. The first-order chi connectivity index (χ1) is 14.3. The maximum absolute atomic E-state index is 10.8. The Balaban J connectivity index is 0. The first kappa shape index (κ1) is 32.6. The molecule has 0 bridgehead atoms. The molecule has 8 nitrogen and oxygen atoms in total. The number of carbonyl (C=O) groups excluding carboxylic acids is 2. The molecule has 0 aromatic heterocycles. The number of aliphatic hydroxyl groups excluding tert-OH is 3. The second-order valence-corrected chi connectivity index (χ2v) is 7.65. The number of aliphatic carboxylic acids is 1. The molecule has 0 unspecified atom stereocenters. The van der Waals surface area contributed by atoms with Crippen LogP contribution < -0.4 is 10.2 Å². The van der Waals surface area contributed by atoms with E-state index in [1.54, 1.807) is 0 Å². The third kappa shape index (κ3) is 16.7. The zero-order valence-electron chi connectivity index (χ0n) is 18.9. The van der Waals surface area contributed by atoms with Gasteiger partial charge in [0.15, 0.2) is 5.76 Å². The van der Waals surface area contributed by atoms with E-state index in [-0.39, 0.29) is 44.2 Å². The Hall–Kier alpha value is -0.540. The van der Waals surface area contributed by atoms with Crippen LogP contribution in [0.25, 0.3) is 0 Å². The molecule has 0 amide bonds. The summed E-state index contributed by atoms with van der Waals surface area (Å²) in [5.74, 6) is -4.11. The van der Waals surface area contributed by atoms with Crippen LogP contribution in [-0.2, 0) is 14.3 Å². The van der Waals surface area contributed by atoms with E-state index in [1.165, 1.54) is 70.6 Å². The van der Waals surface area contributed by atoms with Crippen molar-refractivity contribution in [2.75, 3.05) is 6.61 Å². The van der Waals surface area contributed by atoms with Gasteiger partial charge in [-0.25, -0.2) is 4.79 Å². The van der Waals surface area contributed by atoms with E-state index in [9.17, 15) is 19.8 Å². The number of ether oxygens (including phenoxy) is 1. The smallest absolute Gasteiger partial charge is 0.870 e. The Morgan fingerprint density at radius 2 is 1.39 bits per heavy atom. The van der Waals surface area contributed by atoms with Crippen LogP contribution in [0.15, 0.2) is 11.5 Å². The summed E-state index contributed by atoms with van der Waals surface area (Å²) in [7, 11) is 0. The predicted octanol–water partition coefficient (Wildman–Crippen LogP) is 1.23. The van der Waals surface area contributed by atoms with Gasteiger partial charge >= 0.3 is 43.7 Å². The minimum Gasteiger partial charge on any atom is -0.870 e. The molecule has 0 fully saturated rings. The molecule has 9 heteroatoms. The number of rotatable bonds is 16. The van der Waals surface area contributed by atoms with Crippen molar-refractivity contribution >= 4 is 49.7 Å². The molecule has 2 atom stereocenters. The van der Waals surface area contributed by atoms with Crippen LogP contribution in [0, 0.1) is 0 Å². The average molecular weight is 471 g/mol. The summed E-state index contributed by atoms with van der Waals surface area (Å²) in [6, 6.07) is 0. The molecule has 0 aromatic carbocycles.